The molecule has 0 nitrogen and oxygen atoms in total. The Kier molecular flexibility index (Phi) is 7.66. The summed E-state index contributed by atoms with van der Waals surface area (Å²) in [5, 5.41) is 2.18. The first-order valence-electron chi connectivity index (χ1n) is 7.28. The first kappa shape index (κ1) is 16.1. The first-order valence-corrected chi connectivity index (χ1v) is 8.16. The number of hydrogen-bond acceptors (Lipinski definition) is 1. The van der Waals surface area contributed by atoms with Crippen LogP contribution in [0, 0.1) is 5.92 Å². The summed E-state index contributed by atoms with van der Waals surface area (Å²) in [4.78, 5) is 1.33. The van der Waals surface area contributed by atoms with Crippen LogP contribution < -0.4 is 0 Å². The van der Waals surface area contributed by atoms with Crippen molar-refractivity contribution in [2.24, 2.45) is 5.92 Å². The van der Waals surface area contributed by atoms with E-state index in [1.807, 2.05) is 0 Å². The molecular weight excluding hydrogens is 248 g/mol. The van der Waals surface area contributed by atoms with Crippen LogP contribution in [0.4, 0.5) is 0 Å². The van der Waals surface area contributed by atoms with Crippen molar-refractivity contribution in [3.05, 3.63) is 53.0 Å². The van der Waals surface area contributed by atoms with Crippen molar-refractivity contribution >= 4 is 16.7 Å². The van der Waals surface area contributed by atoms with Crippen LogP contribution in [0.5, 0.6) is 0 Å². The molecule has 1 aromatic carbocycles. The van der Waals surface area contributed by atoms with Gasteiger partial charge in [0.1, 0.15) is 0 Å². The minimum absolute atomic E-state index is 0.772. The topological polar surface area (TPSA) is 0 Å². The average molecular weight is 274 g/mol. The van der Waals surface area contributed by atoms with Gasteiger partial charge < -0.3 is 0 Å². The molecule has 1 heteroatoms. The van der Waals surface area contributed by atoms with Gasteiger partial charge in [0.15, 0.2) is 0 Å². The minimum Gasteiger partial charge on any atom is -0.0981 e. The molecule has 1 rings (SSSR count). The minimum atomic E-state index is 0.772. The molecule has 0 N–H and O–H groups in total. The van der Waals surface area contributed by atoms with Gasteiger partial charge >= 0.3 is 0 Å². The zero-order chi connectivity index (χ0) is 14.1. The van der Waals surface area contributed by atoms with Crippen molar-refractivity contribution in [3.63, 3.8) is 0 Å². The number of allylic oxidation sites excluding steroid dienone is 2. The van der Waals surface area contributed by atoms with Gasteiger partial charge in [0.25, 0.3) is 0 Å². The Morgan fingerprint density at radius 3 is 2.42 bits per heavy atom. The lowest BCUT2D eigenvalue weighted by molar-refractivity contribution is 0.560. The van der Waals surface area contributed by atoms with E-state index >= 15 is 0 Å². The Morgan fingerprint density at radius 1 is 1.21 bits per heavy atom. The molecule has 0 aromatic heterocycles. The summed E-state index contributed by atoms with van der Waals surface area (Å²) in [7, 11) is 0. The molecule has 0 bridgehead atoms. The van der Waals surface area contributed by atoms with Gasteiger partial charge in [-0.3, -0.25) is 0 Å². The molecule has 1 aromatic rings. The molecule has 0 saturated carbocycles. The standard InChI is InChI=1S/C18H26S/c1-5-8-13-19-18(7-3)17-11-9-16(10-12-17)14-15(4)6-2/h7-13,15H,5-6,14H2,1-4H3/b13-8+,18-7+. The van der Waals surface area contributed by atoms with Gasteiger partial charge in [0, 0.05) is 4.91 Å². The highest BCUT2D eigenvalue weighted by molar-refractivity contribution is 8.10. The van der Waals surface area contributed by atoms with Crippen LogP contribution in [-0.2, 0) is 6.42 Å². The van der Waals surface area contributed by atoms with Crippen molar-refractivity contribution in [1.82, 2.24) is 0 Å². The second kappa shape index (κ2) is 9.03. The zero-order valence-electron chi connectivity index (χ0n) is 12.6. The van der Waals surface area contributed by atoms with Gasteiger partial charge in [0.2, 0.25) is 0 Å². The predicted octanol–water partition coefficient (Wildman–Crippen LogP) is 6.29. The van der Waals surface area contributed by atoms with Crippen LogP contribution >= 0.6 is 11.8 Å². The number of hydrogen-bond donors (Lipinski definition) is 0. The summed E-state index contributed by atoms with van der Waals surface area (Å²) in [6.45, 7) is 8.84. The highest BCUT2D eigenvalue weighted by atomic mass is 32.2. The maximum absolute atomic E-state index is 2.32. The molecule has 1 unspecified atom stereocenters. The van der Waals surface area contributed by atoms with Crippen molar-refractivity contribution in [3.8, 4) is 0 Å². The van der Waals surface area contributed by atoms with Gasteiger partial charge in [-0.05, 0) is 42.2 Å². The summed E-state index contributed by atoms with van der Waals surface area (Å²) in [6.07, 6.45) is 7.92. The smallest absolute Gasteiger partial charge is 0.0145 e. The monoisotopic (exact) mass is 274 g/mol. The van der Waals surface area contributed by atoms with Crippen LogP contribution in [0.15, 0.2) is 41.8 Å². The molecule has 0 fully saturated rings. The van der Waals surface area contributed by atoms with Gasteiger partial charge in [-0.25, -0.2) is 0 Å². The van der Waals surface area contributed by atoms with E-state index < -0.39 is 0 Å². The van der Waals surface area contributed by atoms with Crippen LogP contribution in [0.25, 0.3) is 4.91 Å². The summed E-state index contributed by atoms with van der Waals surface area (Å²) in [5.74, 6) is 0.772. The Morgan fingerprint density at radius 2 is 1.89 bits per heavy atom. The number of thioether (sulfide) groups is 1. The second-order valence-corrected chi connectivity index (χ2v) is 5.91. The molecule has 0 spiro atoms. The van der Waals surface area contributed by atoms with Gasteiger partial charge in [0.05, 0.1) is 0 Å². The molecule has 19 heavy (non-hydrogen) atoms. The van der Waals surface area contributed by atoms with E-state index in [4.69, 9.17) is 0 Å². The third kappa shape index (κ3) is 5.69. The fourth-order valence-corrected chi connectivity index (χ4v) is 2.72. The molecule has 0 radical (unpaired) electrons. The lowest BCUT2D eigenvalue weighted by Crippen LogP contribution is -1.97. The van der Waals surface area contributed by atoms with Gasteiger partial charge in [-0.2, -0.15) is 0 Å². The predicted molar refractivity (Wildman–Crippen MR) is 90.3 cm³/mol. The van der Waals surface area contributed by atoms with Crippen molar-refractivity contribution in [2.75, 3.05) is 0 Å². The third-order valence-electron chi connectivity index (χ3n) is 3.31. The Balaban J connectivity index is 2.71. The molecule has 0 aliphatic rings. The van der Waals surface area contributed by atoms with E-state index in [0.29, 0.717) is 0 Å². The van der Waals surface area contributed by atoms with Crippen molar-refractivity contribution < 1.29 is 0 Å². The quantitative estimate of drug-likeness (QED) is 0.563. The Bertz CT molecular complexity index is 412. The highest BCUT2D eigenvalue weighted by Crippen LogP contribution is 2.28. The molecular formula is C18H26S. The summed E-state index contributed by atoms with van der Waals surface area (Å²) < 4.78 is 0. The number of rotatable bonds is 7. The summed E-state index contributed by atoms with van der Waals surface area (Å²) in [5.41, 5.74) is 2.77. The molecule has 0 heterocycles. The average Bonchev–Trinajstić information content (AvgIpc) is 2.45. The van der Waals surface area contributed by atoms with Gasteiger partial charge in [-0.1, -0.05) is 75.4 Å². The van der Waals surface area contributed by atoms with Crippen LogP contribution in [0.2, 0.25) is 0 Å². The van der Waals surface area contributed by atoms with Crippen molar-refractivity contribution in [2.45, 2.75) is 47.0 Å². The lowest BCUT2D eigenvalue weighted by Gasteiger charge is -2.10. The number of benzene rings is 1. The summed E-state index contributed by atoms with van der Waals surface area (Å²) in [6, 6.07) is 9.05. The van der Waals surface area contributed by atoms with E-state index in [-0.39, 0.29) is 0 Å². The highest BCUT2D eigenvalue weighted by Gasteiger charge is 2.03. The normalized spacial score (nSPS) is 14.0. The second-order valence-electron chi connectivity index (χ2n) is 4.97. The maximum atomic E-state index is 2.32. The van der Waals surface area contributed by atoms with E-state index in [1.54, 1.807) is 11.8 Å². The molecule has 0 aliphatic carbocycles. The molecule has 104 valence electrons. The van der Waals surface area contributed by atoms with E-state index in [9.17, 15) is 0 Å². The molecule has 0 saturated heterocycles. The van der Waals surface area contributed by atoms with Gasteiger partial charge in [-0.15, -0.1) is 0 Å². The summed E-state index contributed by atoms with van der Waals surface area (Å²) >= 11 is 1.80. The first-order chi connectivity index (χ1) is 9.21. The molecule has 0 aliphatic heterocycles. The van der Waals surface area contributed by atoms with Crippen LogP contribution in [0.3, 0.4) is 0 Å². The van der Waals surface area contributed by atoms with Crippen LogP contribution in [-0.4, -0.2) is 0 Å². The molecule has 0 amide bonds. The fourth-order valence-electron chi connectivity index (χ4n) is 1.87. The largest absolute Gasteiger partial charge is 0.0981 e. The Hall–Kier alpha value is -0.950. The fraction of sp³-hybridized carbons (Fsp3) is 0.444. The van der Waals surface area contributed by atoms with E-state index in [2.05, 4.69) is 69.5 Å². The zero-order valence-corrected chi connectivity index (χ0v) is 13.5. The lowest BCUT2D eigenvalue weighted by atomic mass is 9.98. The van der Waals surface area contributed by atoms with Crippen molar-refractivity contribution in [1.29, 1.82) is 0 Å². The molecule has 1 atom stereocenters. The third-order valence-corrected chi connectivity index (χ3v) is 4.36. The van der Waals surface area contributed by atoms with E-state index in [1.165, 1.54) is 28.9 Å². The maximum Gasteiger partial charge on any atom is 0.0145 e. The van der Waals surface area contributed by atoms with E-state index in [0.717, 1.165) is 12.3 Å². The SMILES string of the molecule is C/C=C(/S/C=C/CC)c1ccc(CC(C)CC)cc1. The van der Waals surface area contributed by atoms with Crippen LogP contribution in [0.1, 0.15) is 51.7 Å². The Labute approximate surface area is 123 Å².